The minimum absolute atomic E-state index is 0.252. The van der Waals surface area contributed by atoms with Gasteiger partial charge in [-0.05, 0) is 25.9 Å². The quantitative estimate of drug-likeness (QED) is 0.300. The summed E-state index contributed by atoms with van der Waals surface area (Å²) < 4.78 is 15.9. The molecule has 3 N–H and O–H groups in total. The van der Waals surface area contributed by atoms with Crippen LogP contribution in [0, 0.1) is 0 Å². The van der Waals surface area contributed by atoms with Gasteiger partial charge >= 0.3 is 0 Å². The molecule has 5 nitrogen and oxygen atoms in total. The van der Waals surface area contributed by atoms with E-state index < -0.39 is 20.0 Å². The van der Waals surface area contributed by atoms with Gasteiger partial charge in [-0.2, -0.15) is 0 Å². The largest absolute Gasteiger partial charge is 0.449 e. The summed E-state index contributed by atoms with van der Waals surface area (Å²) in [5.74, 6) is 0. The Hall–Kier alpha value is 0.668. The van der Waals surface area contributed by atoms with Crippen LogP contribution in [0.3, 0.4) is 0 Å². The van der Waals surface area contributed by atoms with Gasteiger partial charge in [0.25, 0.3) is 20.0 Å². The molecule has 0 aromatic heterocycles. The fourth-order valence-electron chi connectivity index (χ4n) is 1.02. The van der Waals surface area contributed by atoms with E-state index in [4.69, 9.17) is 18.1 Å². The Morgan fingerprint density at radius 3 is 2.87 bits per heavy atom. The Bertz CT molecular complexity index is 133. The lowest BCUT2D eigenvalue weighted by molar-refractivity contribution is 0.437. The predicted octanol–water partition coefficient (Wildman–Crippen LogP) is -3.86. The SMILES string of the molecule is CC(N)CNCCC[SiH2]O[SiH2]O[SiH2]O[SiH3]. The lowest BCUT2D eigenvalue weighted by atomic mass is 10.3. The van der Waals surface area contributed by atoms with E-state index in [1.807, 2.05) is 6.92 Å². The molecule has 0 spiro atoms. The second kappa shape index (κ2) is 12.7. The van der Waals surface area contributed by atoms with Crippen molar-refractivity contribution in [3.05, 3.63) is 0 Å². The summed E-state index contributed by atoms with van der Waals surface area (Å²) in [7, 11) is -0.829. The molecule has 0 aliphatic heterocycles. The van der Waals surface area contributed by atoms with Crippen LogP contribution in [0.1, 0.15) is 13.3 Å². The number of nitrogens with two attached hydrogens (primary N) is 1. The van der Waals surface area contributed by atoms with Gasteiger partial charge in [0, 0.05) is 12.6 Å². The molecule has 9 heteroatoms. The van der Waals surface area contributed by atoms with E-state index in [-0.39, 0.29) is 15.8 Å². The number of rotatable bonds is 11. The summed E-state index contributed by atoms with van der Waals surface area (Å²) in [5.41, 5.74) is 5.61. The van der Waals surface area contributed by atoms with Crippen LogP contribution in [0.4, 0.5) is 0 Å². The van der Waals surface area contributed by atoms with E-state index >= 15 is 0 Å². The van der Waals surface area contributed by atoms with Crippen LogP contribution in [0.15, 0.2) is 0 Å². The molecule has 0 aromatic carbocycles. The van der Waals surface area contributed by atoms with Gasteiger partial charge in [-0.1, -0.05) is 0 Å². The maximum atomic E-state index is 5.61. The zero-order chi connectivity index (χ0) is 11.4. The van der Waals surface area contributed by atoms with Crippen LogP contribution in [0.2, 0.25) is 6.04 Å². The molecule has 1 atom stereocenters. The zero-order valence-electron chi connectivity index (χ0n) is 9.83. The first-order valence-electron chi connectivity index (χ1n) is 5.38. The molecule has 15 heavy (non-hydrogen) atoms. The summed E-state index contributed by atoms with van der Waals surface area (Å²) in [6, 6.07) is 1.48. The first-order valence-corrected chi connectivity index (χ1v) is 10.1. The smallest absolute Gasteiger partial charge is 0.284 e. The second-order valence-corrected chi connectivity index (χ2v) is 10.7. The van der Waals surface area contributed by atoms with Gasteiger partial charge in [0.05, 0.1) is 0 Å². The molecule has 0 heterocycles. The van der Waals surface area contributed by atoms with Crippen molar-refractivity contribution in [2.24, 2.45) is 5.73 Å². The third-order valence-corrected chi connectivity index (χ3v) is 6.61. The highest BCUT2D eigenvalue weighted by molar-refractivity contribution is 6.44. The third kappa shape index (κ3) is 14.7. The molecule has 0 aromatic rings. The fraction of sp³-hybridized carbons (Fsp3) is 1.00. The Morgan fingerprint density at radius 2 is 2.20 bits per heavy atom. The highest BCUT2D eigenvalue weighted by Crippen LogP contribution is 1.87. The van der Waals surface area contributed by atoms with Crippen molar-refractivity contribution in [1.29, 1.82) is 0 Å². The molecule has 0 rings (SSSR count). The highest BCUT2D eigenvalue weighted by atomic mass is 28.4. The minimum Gasteiger partial charge on any atom is -0.449 e. The molecule has 0 aliphatic carbocycles. The van der Waals surface area contributed by atoms with E-state index in [1.54, 1.807) is 0 Å². The van der Waals surface area contributed by atoms with E-state index in [9.17, 15) is 0 Å². The van der Waals surface area contributed by atoms with Crippen LogP contribution in [0.5, 0.6) is 0 Å². The first-order chi connectivity index (χ1) is 7.27. The minimum atomic E-state index is -0.672. The number of hydrogen-bond donors (Lipinski definition) is 2. The summed E-state index contributed by atoms with van der Waals surface area (Å²) in [6.45, 7) is 3.97. The Kier molecular flexibility index (Phi) is 13.3. The van der Waals surface area contributed by atoms with Gasteiger partial charge < -0.3 is 23.4 Å². The third-order valence-electron chi connectivity index (χ3n) is 1.73. The van der Waals surface area contributed by atoms with Crippen LogP contribution < -0.4 is 11.1 Å². The van der Waals surface area contributed by atoms with Crippen LogP contribution in [-0.2, 0) is 12.3 Å². The van der Waals surface area contributed by atoms with E-state index in [2.05, 4.69) is 5.32 Å². The van der Waals surface area contributed by atoms with E-state index in [0.29, 0.717) is 0 Å². The van der Waals surface area contributed by atoms with E-state index in [0.717, 1.165) is 23.6 Å². The zero-order valence-corrected chi connectivity index (χ0v) is 16.1. The molecule has 0 aliphatic rings. The summed E-state index contributed by atoms with van der Waals surface area (Å²) >= 11 is 0. The first kappa shape index (κ1) is 15.7. The van der Waals surface area contributed by atoms with Crippen molar-refractivity contribution >= 4 is 40.3 Å². The molecule has 92 valence electrons. The fourth-order valence-corrected chi connectivity index (χ4v) is 6.73. The lowest BCUT2D eigenvalue weighted by Gasteiger charge is -2.07. The van der Waals surface area contributed by atoms with Crippen molar-refractivity contribution < 1.29 is 12.3 Å². The maximum Gasteiger partial charge on any atom is 0.284 e. The van der Waals surface area contributed by atoms with Gasteiger partial charge in [0.1, 0.15) is 20.2 Å². The maximum absolute atomic E-state index is 5.61. The molecule has 0 saturated carbocycles. The second-order valence-electron chi connectivity index (χ2n) is 3.53. The average molecular weight is 285 g/mol. The van der Waals surface area contributed by atoms with Gasteiger partial charge in [-0.15, -0.1) is 0 Å². The Morgan fingerprint density at radius 1 is 1.40 bits per heavy atom. The average Bonchev–Trinajstić information content (AvgIpc) is 2.20. The topological polar surface area (TPSA) is 65.7 Å². The highest BCUT2D eigenvalue weighted by Gasteiger charge is 1.94. The molecule has 0 fully saturated rings. The summed E-state index contributed by atoms with van der Waals surface area (Å²) in [4.78, 5) is 0. The molecule has 1 unspecified atom stereocenters. The monoisotopic (exact) mass is 284 g/mol. The van der Waals surface area contributed by atoms with Crippen LogP contribution in [0.25, 0.3) is 0 Å². The molecular weight excluding hydrogens is 260 g/mol. The van der Waals surface area contributed by atoms with Gasteiger partial charge in [-0.3, -0.25) is 0 Å². The molecular formula is C6H24N2O3Si4. The van der Waals surface area contributed by atoms with Crippen molar-refractivity contribution in [2.45, 2.75) is 25.4 Å². The predicted molar refractivity (Wildman–Crippen MR) is 74.8 cm³/mol. The molecule has 0 saturated heterocycles. The molecule has 0 bridgehead atoms. The normalized spacial score (nSPS) is 15.6. The lowest BCUT2D eigenvalue weighted by Crippen LogP contribution is -2.31. The standard InChI is InChI=1S/C6H24N2O3Si4/c1-6(7)5-8-3-2-4-13-10-15-11-14-9-12/h6,8H,2-5,7,13-15H2,1,12H3. The van der Waals surface area contributed by atoms with Gasteiger partial charge in [0.15, 0.2) is 0 Å². The van der Waals surface area contributed by atoms with Gasteiger partial charge in [0.2, 0.25) is 0 Å². The number of nitrogens with one attached hydrogen (secondary N) is 1. The van der Waals surface area contributed by atoms with Crippen molar-refractivity contribution in [2.75, 3.05) is 13.1 Å². The van der Waals surface area contributed by atoms with Gasteiger partial charge in [-0.25, -0.2) is 0 Å². The van der Waals surface area contributed by atoms with Crippen molar-refractivity contribution in [3.63, 3.8) is 0 Å². The van der Waals surface area contributed by atoms with Crippen LogP contribution >= 0.6 is 0 Å². The molecule has 0 amide bonds. The Labute approximate surface area is 102 Å². The summed E-state index contributed by atoms with van der Waals surface area (Å²) in [5, 5.41) is 3.31. The van der Waals surface area contributed by atoms with Crippen molar-refractivity contribution in [1.82, 2.24) is 5.32 Å². The molecule has 0 radical (unpaired) electrons. The van der Waals surface area contributed by atoms with Crippen molar-refractivity contribution in [3.8, 4) is 0 Å². The van der Waals surface area contributed by atoms with E-state index in [1.165, 1.54) is 12.5 Å². The van der Waals surface area contributed by atoms with Crippen LogP contribution in [-0.4, -0.2) is 59.4 Å². The summed E-state index contributed by atoms with van der Waals surface area (Å²) in [6.07, 6.45) is 1.20. The Balaban J connectivity index is 2.87. The number of hydrogen-bond acceptors (Lipinski definition) is 5.